The van der Waals surface area contributed by atoms with Crippen LogP contribution < -0.4 is 10.2 Å². The van der Waals surface area contributed by atoms with Gasteiger partial charge < -0.3 is 10.2 Å². The monoisotopic (exact) mass is 388 g/mol. The highest BCUT2D eigenvalue weighted by molar-refractivity contribution is 14.1. The summed E-state index contributed by atoms with van der Waals surface area (Å²) < 4.78 is 14.4. The van der Waals surface area contributed by atoms with E-state index in [2.05, 4.69) is 39.7 Å². The summed E-state index contributed by atoms with van der Waals surface area (Å²) in [4.78, 5) is 2.52. The zero-order valence-electron chi connectivity index (χ0n) is 12.0. The molecule has 1 aromatic rings. The van der Waals surface area contributed by atoms with Crippen molar-refractivity contribution in [1.29, 1.82) is 0 Å². The topological polar surface area (TPSA) is 15.3 Å². The molecule has 2 fully saturated rings. The number of benzene rings is 1. The molecule has 110 valence electrons. The Hall–Kier alpha value is -0.360. The maximum absolute atomic E-state index is 13.4. The van der Waals surface area contributed by atoms with E-state index >= 15 is 0 Å². The summed E-state index contributed by atoms with van der Waals surface area (Å²) in [5.41, 5.74) is 1.50. The van der Waals surface area contributed by atoms with Crippen LogP contribution in [0.1, 0.15) is 39.0 Å². The molecule has 1 atom stereocenters. The van der Waals surface area contributed by atoms with Crippen molar-refractivity contribution in [2.24, 2.45) is 0 Å². The standard InChI is InChI=1S/C16H22FIN2/c1-2-13-10-19-16(7-3-4-8-16)11-20(13)15-6-5-12(17)9-14(15)18/h5-6,9,13,19H,2-4,7-8,10-11H2,1H3. The van der Waals surface area contributed by atoms with Gasteiger partial charge in [0.05, 0.1) is 5.69 Å². The zero-order chi connectivity index (χ0) is 14.2. The highest BCUT2D eigenvalue weighted by Gasteiger charge is 2.41. The van der Waals surface area contributed by atoms with Gasteiger partial charge in [0.25, 0.3) is 0 Å². The molecule has 1 aliphatic heterocycles. The first-order valence-corrected chi connectivity index (χ1v) is 8.68. The highest BCUT2D eigenvalue weighted by Crippen LogP contribution is 2.37. The molecule has 1 unspecified atom stereocenters. The highest BCUT2D eigenvalue weighted by atomic mass is 127. The van der Waals surface area contributed by atoms with Crippen molar-refractivity contribution in [2.45, 2.75) is 50.6 Å². The van der Waals surface area contributed by atoms with E-state index in [1.54, 1.807) is 12.1 Å². The number of halogens is 2. The fraction of sp³-hybridized carbons (Fsp3) is 0.625. The predicted molar refractivity (Wildman–Crippen MR) is 89.7 cm³/mol. The lowest BCUT2D eigenvalue weighted by Crippen LogP contribution is -2.63. The van der Waals surface area contributed by atoms with Crippen molar-refractivity contribution in [3.8, 4) is 0 Å². The Morgan fingerprint density at radius 2 is 2.15 bits per heavy atom. The summed E-state index contributed by atoms with van der Waals surface area (Å²) in [7, 11) is 0. The predicted octanol–water partition coefficient (Wildman–Crippen LogP) is 3.93. The van der Waals surface area contributed by atoms with Gasteiger partial charge in [-0.05, 0) is 60.1 Å². The molecule has 1 saturated carbocycles. The second-order valence-electron chi connectivity index (χ2n) is 6.15. The first-order chi connectivity index (χ1) is 9.63. The molecule has 0 radical (unpaired) electrons. The summed E-state index contributed by atoms with van der Waals surface area (Å²) >= 11 is 2.26. The van der Waals surface area contributed by atoms with Gasteiger partial charge in [-0.25, -0.2) is 4.39 Å². The first-order valence-electron chi connectivity index (χ1n) is 7.60. The van der Waals surface area contributed by atoms with Crippen LogP contribution in [0.2, 0.25) is 0 Å². The van der Waals surface area contributed by atoms with E-state index in [1.165, 1.54) is 31.4 Å². The van der Waals surface area contributed by atoms with Crippen LogP contribution in [0, 0.1) is 9.39 Å². The van der Waals surface area contributed by atoms with Gasteiger partial charge in [-0.1, -0.05) is 19.8 Å². The number of anilines is 1. The molecule has 1 aliphatic carbocycles. The number of piperazine rings is 1. The summed E-state index contributed by atoms with van der Waals surface area (Å²) in [5, 5.41) is 3.81. The summed E-state index contributed by atoms with van der Waals surface area (Å²) in [6.45, 7) is 4.35. The third-order valence-corrected chi connectivity index (χ3v) is 5.74. The van der Waals surface area contributed by atoms with Gasteiger partial charge in [0, 0.05) is 28.2 Å². The van der Waals surface area contributed by atoms with Crippen LogP contribution >= 0.6 is 22.6 Å². The number of hydrogen-bond donors (Lipinski definition) is 1. The first kappa shape index (κ1) is 14.6. The molecule has 20 heavy (non-hydrogen) atoms. The van der Waals surface area contributed by atoms with E-state index in [0.29, 0.717) is 11.6 Å². The minimum Gasteiger partial charge on any atom is -0.365 e. The molecule has 3 rings (SSSR count). The second kappa shape index (κ2) is 5.79. The average Bonchev–Trinajstić information content (AvgIpc) is 2.87. The van der Waals surface area contributed by atoms with Crippen molar-refractivity contribution < 1.29 is 4.39 Å². The summed E-state index contributed by atoms with van der Waals surface area (Å²) in [6, 6.07) is 5.70. The van der Waals surface area contributed by atoms with Gasteiger partial charge in [-0.3, -0.25) is 0 Å². The van der Waals surface area contributed by atoms with E-state index < -0.39 is 0 Å². The molecule has 2 nitrogen and oxygen atoms in total. The Kier molecular flexibility index (Phi) is 4.22. The van der Waals surface area contributed by atoms with E-state index in [9.17, 15) is 4.39 Å². The van der Waals surface area contributed by atoms with E-state index in [0.717, 1.165) is 23.1 Å². The number of nitrogens with one attached hydrogen (secondary N) is 1. The lowest BCUT2D eigenvalue weighted by molar-refractivity contribution is 0.267. The molecular weight excluding hydrogens is 366 g/mol. The number of nitrogens with zero attached hydrogens (tertiary/aromatic N) is 1. The third kappa shape index (κ3) is 2.69. The molecule has 1 saturated heterocycles. The summed E-state index contributed by atoms with van der Waals surface area (Å²) in [5.74, 6) is -0.142. The van der Waals surface area contributed by atoms with Crippen molar-refractivity contribution in [3.05, 3.63) is 27.6 Å². The third-order valence-electron chi connectivity index (χ3n) is 4.88. The Bertz CT molecular complexity index is 485. The maximum Gasteiger partial charge on any atom is 0.124 e. The smallest absolute Gasteiger partial charge is 0.124 e. The van der Waals surface area contributed by atoms with Gasteiger partial charge >= 0.3 is 0 Å². The Balaban J connectivity index is 1.90. The molecule has 2 aliphatic rings. The van der Waals surface area contributed by atoms with Crippen LogP contribution in [0.3, 0.4) is 0 Å². The Labute approximate surface area is 134 Å². The molecule has 0 bridgehead atoms. The van der Waals surface area contributed by atoms with E-state index in [4.69, 9.17) is 0 Å². The van der Waals surface area contributed by atoms with Gasteiger partial charge in [0.1, 0.15) is 5.82 Å². The minimum absolute atomic E-state index is 0.142. The van der Waals surface area contributed by atoms with Crippen LogP contribution in [0.5, 0.6) is 0 Å². The quantitative estimate of drug-likeness (QED) is 0.773. The molecule has 0 aromatic heterocycles. The normalized spacial score (nSPS) is 25.4. The average molecular weight is 388 g/mol. The fourth-order valence-electron chi connectivity index (χ4n) is 3.70. The van der Waals surface area contributed by atoms with Crippen molar-refractivity contribution in [1.82, 2.24) is 5.32 Å². The minimum atomic E-state index is -0.142. The van der Waals surface area contributed by atoms with Crippen LogP contribution in [-0.2, 0) is 0 Å². The Morgan fingerprint density at radius 1 is 1.40 bits per heavy atom. The van der Waals surface area contributed by atoms with Crippen molar-refractivity contribution in [2.75, 3.05) is 18.0 Å². The Morgan fingerprint density at radius 3 is 2.80 bits per heavy atom. The molecule has 4 heteroatoms. The van der Waals surface area contributed by atoms with Gasteiger partial charge in [-0.2, -0.15) is 0 Å². The van der Waals surface area contributed by atoms with Gasteiger partial charge in [0.2, 0.25) is 0 Å². The van der Waals surface area contributed by atoms with E-state index in [1.807, 2.05) is 6.07 Å². The van der Waals surface area contributed by atoms with Crippen LogP contribution in [0.25, 0.3) is 0 Å². The molecule has 1 spiro atoms. The zero-order valence-corrected chi connectivity index (χ0v) is 14.1. The lowest BCUT2D eigenvalue weighted by Gasteiger charge is -2.47. The van der Waals surface area contributed by atoms with Crippen molar-refractivity contribution >= 4 is 28.3 Å². The van der Waals surface area contributed by atoms with E-state index in [-0.39, 0.29) is 5.82 Å². The molecule has 0 amide bonds. The van der Waals surface area contributed by atoms with Crippen molar-refractivity contribution in [3.63, 3.8) is 0 Å². The second-order valence-corrected chi connectivity index (χ2v) is 7.32. The molecule has 1 N–H and O–H groups in total. The number of hydrogen-bond acceptors (Lipinski definition) is 2. The molecular formula is C16H22FIN2. The SMILES string of the molecule is CCC1CNC2(CCCC2)CN1c1ccc(F)cc1I. The van der Waals surface area contributed by atoms with Crippen LogP contribution in [0.4, 0.5) is 10.1 Å². The molecule has 1 aromatic carbocycles. The molecule has 1 heterocycles. The number of rotatable bonds is 2. The van der Waals surface area contributed by atoms with Crippen LogP contribution in [-0.4, -0.2) is 24.7 Å². The summed E-state index contributed by atoms with van der Waals surface area (Å²) in [6.07, 6.45) is 6.34. The van der Waals surface area contributed by atoms with Crippen LogP contribution in [0.15, 0.2) is 18.2 Å². The maximum atomic E-state index is 13.4. The fourth-order valence-corrected chi connectivity index (χ4v) is 4.49. The lowest BCUT2D eigenvalue weighted by atomic mass is 9.91. The van der Waals surface area contributed by atoms with Gasteiger partial charge in [-0.15, -0.1) is 0 Å². The van der Waals surface area contributed by atoms with Gasteiger partial charge in [0.15, 0.2) is 0 Å². The largest absolute Gasteiger partial charge is 0.365 e.